The van der Waals surface area contributed by atoms with E-state index in [2.05, 4.69) is 25.9 Å². The Bertz CT molecular complexity index is 237. The molecule has 0 saturated heterocycles. The van der Waals surface area contributed by atoms with E-state index in [1.807, 2.05) is 6.08 Å². The average molecular weight is 269 g/mol. The first-order valence-corrected chi connectivity index (χ1v) is 7.64. The minimum Gasteiger partial charge on any atom is -0.463 e. The summed E-state index contributed by atoms with van der Waals surface area (Å²) in [6.45, 7) is 3.80. The first kappa shape index (κ1) is 18.2. The lowest BCUT2D eigenvalue weighted by Crippen LogP contribution is -2.13. The molecule has 0 N–H and O–H groups in total. The normalized spacial score (nSPS) is 11.4. The van der Waals surface area contributed by atoms with E-state index >= 15 is 0 Å². The molecular formula is C16H31NO2. The van der Waals surface area contributed by atoms with Gasteiger partial charge in [-0.15, -0.1) is 0 Å². The lowest BCUT2D eigenvalue weighted by atomic mass is 10.1. The third kappa shape index (κ3) is 15.1. The highest BCUT2D eigenvalue weighted by Gasteiger charge is 1.97. The number of ether oxygens (including phenoxy) is 1. The fraction of sp³-hybridized carbons (Fsp3) is 0.812. The number of rotatable bonds is 12. The van der Waals surface area contributed by atoms with Crippen LogP contribution in [0.1, 0.15) is 58.3 Å². The molecule has 0 heterocycles. The Morgan fingerprint density at radius 3 is 2.47 bits per heavy atom. The molecule has 0 atom stereocenters. The van der Waals surface area contributed by atoms with Gasteiger partial charge in [0.25, 0.3) is 0 Å². The third-order valence-corrected chi connectivity index (χ3v) is 2.97. The van der Waals surface area contributed by atoms with E-state index in [1.54, 1.807) is 6.08 Å². The Labute approximate surface area is 119 Å². The monoisotopic (exact) mass is 269 g/mol. The first-order valence-electron chi connectivity index (χ1n) is 7.64. The van der Waals surface area contributed by atoms with Crippen molar-refractivity contribution < 1.29 is 9.53 Å². The smallest absolute Gasteiger partial charge is 0.330 e. The maximum absolute atomic E-state index is 11.4. The number of nitrogens with zero attached hydrogens (tertiary/aromatic N) is 1. The molecule has 19 heavy (non-hydrogen) atoms. The molecule has 0 radical (unpaired) electrons. The molecule has 0 aliphatic rings. The van der Waals surface area contributed by atoms with E-state index in [0.29, 0.717) is 6.61 Å². The summed E-state index contributed by atoms with van der Waals surface area (Å²) in [6.07, 6.45) is 12.8. The van der Waals surface area contributed by atoms with Gasteiger partial charge >= 0.3 is 5.97 Å². The Hall–Kier alpha value is -0.830. The van der Waals surface area contributed by atoms with Gasteiger partial charge in [0.1, 0.15) is 0 Å². The predicted octanol–water partition coefficient (Wildman–Crippen LogP) is 3.79. The summed E-state index contributed by atoms with van der Waals surface area (Å²) in [4.78, 5) is 13.5. The number of unbranched alkanes of at least 4 members (excludes halogenated alkanes) is 6. The molecular weight excluding hydrogens is 238 g/mol. The zero-order valence-electron chi connectivity index (χ0n) is 13.0. The van der Waals surface area contributed by atoms with Crippen molar-refractivity contribution in [3.63, 3.8) is 0 Å². The van der Waals surface area contributed by atoms with Gasteiger partial charge in [0.05, 0.1) is 6.61 Å². The van der Waals surface area contributed by atoms with Crippen LogP contribution in [0.5, 0.6) is 0 Å². The highest BCUT2D eigenvalue weighted by Crippen LogP contribution is 2.05. The van der Waals surface area contributed by atoms with Crippen molar-refractivity contribution in [3.05, 3.63) is 12.2 Å². The molecule has 3 heteroatoms. The third-order valence-electron chi connectivity index (χ3n) is 2.97. The Kier molecular flexibility index (Phi) is 13.0. The number of hydrogen-bond acceptors (Lipinski definition) is 3. The summed E-state index contributed by atoms with van der Waals surface area (Å²) in [6, 6.07) is 0. The molecule has 0 fully saturated rings. The van der Waals surface area contributed by atoms with Gasteiger partial charge in [0.2, 0.25) is 0 Å². The fourth-order valence-electron chi connectivity index (χ4n) is 1.80. The van der Waals surface area contributed by atoms with Crippen molar-refractivity contribution in [1.29, 1.82) is 0 Å². The maximum Gasteiger partial charge on any atom is 0.330 e. The van der Waals surface area contributed by atoms with Gasteiger partial charge in [-0.2, -0.15) is 0 Å². The quantitative estimate of drug-likeness (QED) is 0.307. The van der Waals surface area contributed by atoms with E-state index in [0.717, 1.165) is 25.8 Å². The number of carbonyl (C=O) groups is 1. The number of esters is 1. The summed E-state index contributed by atoms with van der Waals surface area (Å²) in [5, 5.41) is 0. The standard InChI is InChI=1S/C16H31NO2/c1-4-5-6-7-8-9-10-13-16(18)19-15-12-11-14-17(2)3/h10,13H,4-9,11-12,14-15H2,1-3H3/b13-10+. The SMILES string of the molecule is CCCCCCC/C=C/C(=O)OCCCCN(C)C. The number of allylic oxidation sites excluding steroid dienone is 1. The number of carbonyl (C=O) groups excluding carboxylic acids is 1. The van der Waals surface area contributed by atoms with E-state index in [4.69, 9.17) is 4.74 Å². The Balaban J connectivity index is 3.32. The van der Waals surface area contributed by atoms with Gasteiger partial charge in [0.15, 0.2) is 0 Å². The molecule has 0 aliphatic carbocycles. The first-order chi connectivity index (χ1) is 9.16. The molecule has 0 rings (SSSR count). The molecule has 3 nitrogen and oxygen atoms in total. The second-order valence-corrected chi connectivity index (χ2v) is 5.28. The topological polar surface area (TPSA) is 29.5 Å². The molecule has 112 valence electrons. The summed E-state index contributed by atoms with van der Waals surface area (Å²) < 4.78 is 5.12. The Morgan fingerprint density at radius 1 is 1.05 bits per heavy atom. The van der Waals surface area contributed by atoms with Crippen LogP contribution in [0.25, 0.3) is 0 Å². The molecule has 0 bridgehead atoms. The zero-order valence-corrected chi connectivity index (χ0v) is 13.0. The van der Waals surface area contributed by atoms with Crippen LogP contribution in [0.2, 0.25) is 0 Å². The minimum atomic E-state index is -0.196. The predicted molar refractivity (Wildman–Crippen MR) is 81.3 cm³/mol. The van der Waals surface area contributed by atoms with Crippen LogP contribution in [0.3, 0.4) is 0 Å². The van der Waals surface area contributed by atoms with Crippen molar-refractivity contribution in [1.82, 2.24) is 4.90 Å². The van der Waals surface area contributed by atoms with Crippen molar-refractivity contribution in [3.8, 4) is 0 Å². The minimum absolute atomic E-state index is 0.196. The second-order valence-electron chi connectivity index (χ2n) is 5.28. The van der Waals surface area contributed by atoms with Crippen LogP contribution < -0.4 is 0 Å². The van der Waals surface area contributed by atoms with Crippen LogP contribution in [-0.4, -0.2) is 38.1 Å². The summed E-state index contributed by atoms with van der Waals surface area (Å²) in [5.74, 6) is -0.196. The fourth-order valence-corrected chi connectivity index (χ4v) is 1.80. The highest BCUT2D eigenvalue weighted by molar-refractivity contribution is 5.81. The molecule has 0 aromatic heterocycles. The van der Waals surface area contributed by atoms with Gasteiger partial charge in [-0.25, -0.2) is 4.79 Å². The van der Waals surface area contributed by atoms with E-state index in [9.17, 15) is 4.79 Å². The van der Waals surface area contributed by atoms with E-state index in [1.165, 1.54) is 32.1 Å². The van der Waals surface area contributed by atoms with Gasteiger partial charge in [0, 0.05) is 6.08 Å². The number of hydrogen-bond donors (Lipinski definition) is 0. The molecule has 0 aromatic rings. The van der Waals surface area contributed by atoms with Gasteiger partial charge in [-0.05, 0) is 46.3 Å². The van der Waals surface area contributed by atoms with Crippen LogP contribution in [0.15, 0.2) is 12.2 Å². The summed E-state index contributed by atoms with van der Waals surface area (Å²) in [7, 11) is 4.10. The summed E-state index contributed by atoms with van der Waals surface area (Å²) in [5.41, 5.74) is 0. The lowest BCUT2D eigenvalue weighted by Gasteiger charge is -2.08. The molecule has 0 aliphatic heterocycles. The van der Waals surface area contributed by atoms with E-state index < -0.39 is 0 Å². The molecule has 0 saturated carbocycles. The van der Waals surface area contributed by atoms with Gasteiger partial charge in [-0.3, -0.25) is 0 Å². The molecule has 0 unspecified atom stereocenters. The Morgan fingerprint density at radius 2 is 1.79 bits per heavy atom. The molecule has 0 spiro atoms. The molecule has 0 amide bonds. The average Bonchev–Trinajstić information content (AvgIpc) is 2.37. The van der Waals surface area contributed by atoms with Crippen molar-refractivity contribution in [2.24, 2.45) is 0 Å². The van der Waals surface area contributed by atoms with Crippen LogP contribution in [0, 0.1) is 0 Å². The van der Waals surface area contributed by atoms with Crippen molar-refractivity contribution in [2.75, 3.05) is 27.2 Å². The second kappa shape index (κ2) is 13.6. The zero-order chi connectivity index (χ0) is 14.3. The van der Waals surface area contributed by atoms with Crippen molar-refractivity contribution >= 4 is 5.97 Å². The maximum atomic E-state index is 11.4. The van der Waals surface area contributed by atoms with Gasteiger partial charge < -0.3 is 9.64 Å². The van der Waals surface area contributed by atoms with Crippen LogP contribution in [0.4, 0.5) is 0 Å². The van der Waals surface area contributed by atoms with Gasteiger partial charge in [-0.1, -0.05) is 38.7 Å². The van der Waals surface area contributed by atoms with E-state index in [-0.39, 0.29) is 5.97 Å². The summed E-state index contributed by atoms with van der Waals surface area (Å²) >= 11 is 0. The largest absolute Gasteiger partial charge is 0.463 e. The van der Waals surface area contributed by atoms with Crippen LogP contribution in [-0.2, 0) is 9.53 Å². The lowest BCUT2D eigenvalue weighted by molar-refractivity contribution is -0.137. The van der Waals surface area contributed by atoms with Crippen molar-refractivity contribution in [2.45, 2.75) is 58.3 Å². The highest BCUT2D eigenvalue weighted by atomic mass is 16.5. The van der Waals surface area contributed by atoms with Crippen LogP contribution >= 0.6 is 0 Å². The molecule has 0 aromatic carbocycles.